The minimum absolute atomic E-state index is 0.0358. The number of rotatable bonds is 4. The molecule has 0 bridgehead atoms. The van der Waals surface area contributed by atoms with E-state index in [0.29, 0.717) is 23.0 Å². The van der Waals surface area contributed by atoms with Crippen molar-refractivity contribution < 1.29 is 4.79 Å². The molecule has 0 saturated heterocycles. The van der Waals surface area contributed by atoms with Crippen molar-refractivity contribution in [2.75, 3.05) is 18.0 Å². The van der Waals surface area contributed by atoms with E-state index in [4.69, 9.17) is 5.73 Å². The Morgan fingerprint density at radius 1 is 1.59 bits per heavy atom. The van der Waals surface area contributed by atoms with Crippen molar-refractivity contribution in [2.45, 2.75) is 11.9 Å². The van der Waals surface area contributed by atoms with Crippen molar-refractivity contribution in [1.82, 2.24) is 25.5 Å². The van der Waals surface area contributed by atoms with E-state index < -0.39 is 0 Å². The fourth-order valence-electron chi connectivity index (χ4n) is 1.32. The van der Waals surface area contributed by atoms with Crippen molar-refractivity contribution in [2.24, 2.45) is 0 Å². The SMILES string of the molecule is CCNC(=O)CSc1nc(N)nc2[nH]ncc12. The summed E-state index contributed by atoms with van der Waals surface area (Å²) < 4.78 is 0. The van der Waals surface area contributed by atoms with E-state index in [-0.39, 0.29) is 11.9 Å². The third-order valence-electron chi connectivity index (χ3n) is 2.01. The van der Waals surface area contributed by atoms with Crippen LogP contribution in [0.2, 0.25) is 0 Å². The van der Waals surface area contributed by atoms with Gasteiger partial charge >= 0.3 is 0 Å². The first-order valence-corrected chi connectivity index (χ1v) is 6.05. The van der Waals surface area contributed by atoms with Crippen LogP contribution >= 0.6 is 11.8 Å². The molecule has 0 radical (unpaired) electrons. The second-order valence-corrected chi connectivity index (χ2v) is 4.23. The second-order valence-electron chi connectivity index (χ2n) is 3.26. The van der Waals surface area contributed by atoms with E-state index in [1.165, 1.54) is 11.8 Å². The molecule has 2 heterocycles. The van der Waals surface area contributed by atoms with Crippen molar-refractivity contribution in [1.29, 1.82) is 0 Å². The van der Waals surface area contributed by atoms with Crippen molar-refractivity contribution in [3.63, 3.8) is 0 Å². The lowest BCUT2D eigenvalue weighted by Crippen LogP contribution is -2.24. The normalized spacial score (nSPS) is 10.6. The van der Waals surface area contributed by atoms with Gasteiger partial charge in [-0.15, -0.1) is 0 Å². The molecule has 0 unspecified atom stereocenters. The van der Waals surface area contributed by atoms with Crippen LogP contribution in [-0.2, 0) is 4.79 Å². The Morgan fingerprint density at radius 3 is 3.18 bits per heavy atom. The number of carbonyl (C=O) groups excluding carboxylic acids is 1. The highest BCUT2D eigenvalue weighted by atomic mass is 32.2. The molecule has 0 saturated carbocycles. The van der Waals surface area contributed by atoms with Crippen molar-refractivity contribution in [3.05, 3.63) is 6.20 Å². The van der Waals surface area contributed by atoms with Gasteiger partial charge in [0.25, 0.3) is 0 Å². The number of thioether (sulfide) groups is 1. The van der Waals surface area contributed by atoms with Crippen LogP contribution in [-0.4, -0.2) is 38.4 Å². The van der Waals surface area contributed by atoms with Crippen LogP contribution in [0, 0.1) is 0 Å². The van der Waals surface area contributed by atoms with Gasteiger partial charge in [0.05, 0.1) is 17.3 Å². The Labute approximate surface area is 102 Å². The first kappa shape index (κ1) is 11.6. The monoisotopic (exact) mass is 252 g/mol. The Hall–Kier alpha value is -1.83. The second kappa shape index (κ2) is 5.00. The molecule has 8 heteroatoms. The first-order chi connectivity index (χ1) is 8.20. The molecule has 17 heavy (non-hydrogen) atoms. The summed E-state index contributed by atoms with van der Waals surface area (Å²) in [6, 6.07) is 0. The molecule has 4 N–H and O–H groups in total. The number of amides is 1. The van der Waals surface area contributed by atoms with E-state index in [1.807, 2.05) is 6.92 Å². The molecule has 7 nitrogen and oxygen atoms in total. The minimum Gasteiger partial charge on any atom is -0.368 e. The number of nitrogens with two attached hydrogens (primary N) is 1. The largest absolute Gasteiger partial charge is 0.368 e. The Balaban J connectivity index is 2.17. The number of aromatic nitrogens is 4. The van der Waals surface area contributed by atoms with Crippen LogP contribution in [0.3, 0.4) is 0 Å². The van der Waals surface area contributed by atoms with Crippen molar-refractivity contribution >= 4 is 34.7 Å². The summed E-state index contributed by atoms with van der Waals surface area (Å²) in [6.45, 7) is 2.49. The summed E-state index contributed by atoms with van der Waals surface area (Å²) in [7, 11) is 0. The number of hydrogen-bond acceptors (Lipinski definition) is 6. The molecular weight excluding hydrogens is 240 g/mol. The van der Waals surface area contributed by atoms with Gasteiger partial charge in [-0.2, -0.15) is 10.1 Å². The smallest absolute Gasteiger partial charge is 0.230 e. The highest BCUT2D eigenvalue weighted by Gasteiger charge is 2.10. The number of anilines is 1. The van der Waals surface area contributed by atoms with Crippen LogP contribution in [0.25, 0.3) is 11.0 Å². The lowest BCUT2D eigenvalue weighted by molar-refractivity contribution is -0.118. The van der Waals surface area contributed by atoms with Gasteiger partial charge in [0.15, 0.2) is 5.65 Å². The summed E-state index contributed by atoms with van der Waals surface area (Å²) >= 11 is 1.31. The van der Waals surface area contributed by atoms with E-state index in [9.17, 15) is 4.79 Å². The first-order valence-electron chi connectivity index (χ1n) is 5.06. The number of nitrogens with one attached hydrogen (secondary N) is 2. The topological polar surface area (TPSA) is 110 Å². The molecule has 2 rings (SSSR count). The summed E-state index contributed by atoms with van der Waals surface area (Å²) in [5.74, 6) is 0.427. The number of carbonyl (C=O) groups is 1. The average Bonchev–Trinajstić information content (AvgIpc) is 2.74. The molecular formula is C9H12N6OS. The molecule has 2 aromatic rings. The zero-order valence-corrected chi connectivity index (χ0v) is 10.0. The number of H-pyrrole nitrogens is 1. The quantitative estimate of drug-likeness (QED) is 0.528. The molecule has 0 aliphatic heterocycles. The van der Waals surface area contributed by atoms with Crippen LogP contribution in [0.4, 0.5) is 5.95 Å². The van der Waals surface area contributed by atoms with Crippen LogP contribution in [0.1, 0.15) is 6.92 Å². The third-order valence-corrected chi connectivity index (χ3v) is 3.00. The maximum atomic E-state index is 11.3. The third kappa shape index (κ3) is 2.64. The van der Waals surface area contributed by atoms with Gasteiger partial charge in [-0.3, -0.25) is 9.89 Å². The number of nitrogen functional groups attached to an aromatic ring is 1. The molecule has 0 aromatic carbocycles. The summed E-state index contributed by atoms with van der Waals surface area (Å²) in [5, 5.41) is 10.7. The predicted octanol–water partition coefficient (Wildman–Crippen LogP) is 0.163. The van der Waals surface area contributed by atoms with E-state index in [0.717, 1.165) is 5.39 Å². The molecule has 0 fully saturated rings. The average molecular weight is 252 g/mol. The standard InChI is InChI=1S/C9H12N6OS/c1-2-11-6(16)4-17-8-5-3-12-15-7(5)13-9(10)14-8/h3H,2,4H2,1H3,(H,11,16)(H3,10,12,13,14,15). The zero-order chi connectivity index (χ0) is 12.3. The molecule has 90 valence electrons. The number of nitrogens with zero attached hydrogens (tertiary/aromatic N) is 3. The summed E-state index contributed by atoms with van der Waals surface area (Å²) in [4.78, 5) is 19.4. The molecule has 2 aromatic heterocycles. The number of hydrogen-bond donors (Lipinski definition) is 3. The van der Waals surface area contributed by atoms with Crippen molar-refractivity contribution in [3.8, 4) is 0 Å². The van der Waals surface area contributed by atoms with Gasteiger partial charge in [0.2, 0.25) is 11.9 Å². The Bertz CT molecular complexity index is 539. The fraction of sp³-hybridized carbons (Fsp3) is 0.333. The van der Waals surface area contributed by atoms with Crippen LogP contribution in [0.5, 0.6) is 0 Å². The molecule has 0 atom stereocenters. The van der Waals surface area contributed by atoms with Gasteiger partial charge in [-0.05, 0) is 6.92 Å². The Kier molecular flexibility index (Phi) is 3.43. The molecule has 0 aliphatic carbocycles. The van der Waals surface area contributed by atoms with Gasteiger partial charge in [0, 0.05) is 6.54 Å². The predicted molar refractivity (Wildman–Crippen MR) is 65.5 cm³/mol. The fourth-order valence-corrected chi connectivity index (χ4v) is 2.15. The lowest BCUT2D eigenvalue weighted by Gasteiger charge is -2.03. The molecule has 1 amide bonds. The zero-order valence-electron chi connectivity index (χ0n) is 9.23. The van der Waals surface area contributed by atoms with Crippen LogP contribution < -0.4 is 11.1 Å². The van der Waals surface area contributed by atoms with E-state index >= 15 is 0 Å². The van der Waals surface area contributed by atoms with Gasteiger partial charge in [-0.1, -0.05) is 11.8 Å². The van der Waals surface area contributed by atoms with Gasteiger partial charge < -0.3 is 11.1 Å². The molecule has 0 aliphatic rings. The lowest BCUT2D eigenvalue weighted by atomic mass is 10.4. The minimum atomic E-state index is -0.0358. The summed E-state index contributed by atoms with van der Waals surface area (Å²) in [6.07, 6.45) is 1.62. The van der Waals surface area contributed by atoms with Crippen LogP contribution in [0.15, 0.2) is 11.2 Å². The number of fused-ring (bicyclic) bond motifs is 1. The Morgan fingerprint density at radius 2 is 2.41 bits per heavy atom. The molecule has 0 spiro atoms. The van der Waals surface area contributed by atoms with Gasteiger partial charge in [-0.25, -0.2) is 4.98 Å². The summed E-state index contributed by atoms with van der Waals surface area (Å²) in [5.41, 5.74) is 6.14. The highest BCUT2D eigenvalue weighted by molar-refractivity contribution is 8.00. The number of aromatic amines is 1. The maximum Gasteiger partial charge on any atom is 0.230 e. The van der Waals surface area contributed by atoms with E-state index in [2.05, 4.69) is 25.5 Å². The van der Waals surface area contributed by atoms with E-state index in [1.54, 1.807) is 6.20 Å². The highest BCUT2D eigenvalue weighted by Crippen LogP contribution is 2.24. The van der Waals surface area contributed by atoms with Gasteiger partial charge in [0.1, 0.15) is 5.03 Å². The maximum absolute atomic E-state index is 11.3.